The zero-order chi connectivity index (χ0) is 20.1. The molecule has 0 saturated carbocycles. The van der Waals surface area contributed by atoms with Crippen LogP contribution in [0.1, 0.15) is 32.4 Å². The molecule has 28 heavy (non-hydrogen) atoms. The van der Waals surface area contributed by atoms with E-state index in [9.17, 15) is 4.79 Å². The summed E-state index contributed by atoms with van der Waals surface area (Å²) in [4.78, 5) is 19.3. The molecule has 0 spiro atoms. The Morgan fingerprint density at radius 3 is 2.82 bits per heavy atom. The fourth-order valence-electron chi connectivity index (χ4n) is 3.13. The summed E-state index contributed by atoms with van der Waals surface area (Å²) in [7, 11) is 0. The number of carbonyl (C=O) groups is 1. The molecule has 148 valence electrons. The first-order valence-corrected chi connectivity index (χ1v) is 10.1. The van der Waals surface area contributed by atoms with Crippen LogP contribution in [0.2, 0.25) is 0 Å². The van der Waals surface area contributed by atoms with Crippen LogP contribution in [0.3, 0.4) is 0 Å². The lowest BCUT2D eigenvalue weighted by molar-refractivity contribution is -0.139. The van der Waals surface area contributed by atoms with Crippen LogP contribution in [-0.4, -0.2) is 35.9 Å². The van der Waals surface area contributed by atoms with Crippen molar-refractivity contribution in [1.29, 1.82) is 0 Å². The molecule has 1 aromatic rings. The van der Waals surface area contributed by atoms with Crippen LogP contribution in [0.15, 0.2) is 58.7 Å². The maximum Gasteiger partial charge on any atom is 0.338 e. The molecule has 2 aliphatic heterocycles. The minimum absolute atomic E-state index is 0.308. The lowest BCUT2D eigenvalue weighted by Crippen LogP contribution is -2.34. The lowest BCUT2D eigenvalue weighted by atomic mass is 9.94. The Morgan fingerprint density at radius 1 is 1.29 bits per heavy atom. The summed E-state index contributed by atoms with van der Waals surface area (Å²) in [5, 5.41) is 2.79. The largest absolute Gasteiger partial charge is 0.490 e. The van der Waals surface area contributed by atoms with Crippen molar-refractivity contribution < 1.29 is 19.0 Å². The van der Waals surface area contributed by atoms with Crippen molar-refractivity contribution in [3.05, 3.63) is 59.3 Å². The Bertz CT molecular complexity index is 860. The number of carbonyl (C=O) groups excluding carboxylic acids is 1. The standard InChI is InChI=1S/C21H24N2O4S/c1-5-11-27-16-9-8-15(13-17(16)25-6-2)19-18(20(24)26-7-3)14(4)22-21-23(19)10-12-28-21/h5,8-10,12-13,19H,1,6-7,11H2,2-4H3/t19-/m0/s1. The zero-order valence-electron chi connectivity index (χ0n) is 16.3. The first kappa shape index (κ1) is 20.1. The monoisotopic (exact) mass is 400 g/mol. The Labute approximate surface area is 169 Å². The van der Waals surface area contributed by atoms with E-state index in [2.05, 4.69) is 11.6 Å². The van der Waals surface area contributed by atoms with Crippen molar-refractivity contribution in [1.82, 2.24) is 4.90 Å². The van der Waals surface area contributed by atoms with Crippen molar-refractivity contribution in [2.45, 2.75) is 26.8 Å². The van der Waals surface area contributed by atoms with E-state index >= 15 is 0 Å². The van der Waals surface area contributed by atoms with Gasteiger partial charge in [0, 0.05) is 6.20 Å². The number of hydrogen-bond acceptors (Lipinski definition) is 7. The second-order valence-electron chi connectivity index (χ2n) is 6.07. The van der Waals surface area contributed by atoms with E-state index < -0.39 is 0 Å². The molecule has 2 heterocycles. The number of allylic oxidation sites excluding steroid dienone is 1. The van der Waals surface area contributed by atoms with Gasteiger partial charge in [-0.1, -0.05) is 30.5 Å². The van der Waals surface area contributed by atoms with Gasteiger partial charge in [0.25, 0.3) is 0 Å². The summed E-state index contributed by atoms with van der Waals surface area (Å²) < 4.78 is 16.8. The van der Waals surface area contributed by atoms with Crippen molar-refractivity contribution in [3.63, 3.8) is 0 Å². The number of hydrogen-bond donors (Lipinski definition) is 0. The number of thioether (sulfide) groups is 1. The van der Waals surface area contributed by atoms with Gasteiger partial charge in [0.2, 0.25) is 0 Å². The average molecular weight is 401 g/mol. The fraction of sp³-hybridized carbons (Fsp3) is 0.333. The molecule has 6 nitrogen and oxygen atoms in total. The van der Waals surface area contributed by atoms with Gasteiger partial charge >= 0.3 is 5.97 Å². The molecule has 1 aromatic carbocycles. The van der Waals surface area contributed by atoms with Crippen LogP contribution in [0, 0.1) is 0 Å². The predicted octanol–water partition coefficient (Wildman–Crippen LogP) is 4.42. The molecular weight excluding hydrogens is 376 g/mol. The minimum Gasteiger partial charge on any atom is -0.490 e. The van der Waals surface area contributed by atoms with Gasteiger partial charge in [-0.25, -0.2) is 9.79 Å². The third kappa shape index (κ3) is 3.94. The van der Waals surface area contributed by atoms with Gasteiger partial charge in [0.05, 0.1) is 30.5 Å². The van der Waals surface area contributed by atoms with E-state index in [0.29, 0.717) is 42.6 Å². The van der Waals surface area contributed by atoms with Crippen LogP contribution in [0.5, 0.6) is 11.5 Å². The van der Waals surface area contributed by atoms with E-state index in [1.807, 2.05) is 48.6 Å². The Kier molecular flexibility index (Phi) is 6.46. The molecule has 0 saturated heterocycles. The smallest absolute Gasteiger partial charge is 0.338 e. The maximum atomic E-state index is 12.7. The molecule has 0 amide bonds. The van der Waals surface area contributed by atoms with Gasteiger partial charge in [0.15, 0.2) is 16.7 Å². The Hall–Kier alpha value is -2.67. The fourth-order valence-corrected chi connectivity index (χ4v) is 3.92. The Balaban J connectivity index is 2.06. The van der Waals surface area contributed by atoms with E-state index in [1.165, 1.54) is 11.8 Å². The molecule has 0 aliphatic carbocycles. The number of nitrogens with zero attached hydrogens (tertiary/aromatic N) is 2. The van der Waals surface area contributed by atoms with Crippen molar-refractivity contribution >= 4 is 22.9 Å². The van der Waals surface area contributed by atoms with Crippen molar-refractivity contribution in [3.8, 4) is 11.5 Å². The van der Waals surface area contributed by atoms with Crippen LogP contribution < -0.4 is 9.47 Å². The highest BCUT2D eigenvalue weighted by molar-refractivity contribution is 8.16. The number of fused-ring (bicyclic) bond motifs is 1. The summed E-state index contributed by atoms with van der Waals surface area (Å²) in [6, 6.07) is 5.38. The van der Waals surface area contributed by atoms with Gasteiger partial charge in [-0.3, -0.25) is 0 Å². The molecule has 0 N–H and O–H groups in total. The quantitative estimate of drug-likeness (QED) is 0.476. The molecule has 2 aliphatic rings. The molecule has 0 unspecified atom stereocenters. The van der Waals surface area contributed by atoms with E-state index in [1.54, 1.807) is 13.0 Å². The first-order valence-electron chi connectivity index (χ1n) is 9.19. The normalized spacial score (nSPS) is 17.9. The molecule has 0 radical (unpaired) electrons. The van der Waals surface area contributed by atoms with E-state index in [4.69, 9.17) is 14.2 Å². The number of aliphatic imine (C=N–C) groups is 1. The molecule has 0 fully saturated rings. The highest BCUT2D eigenvalue weighted by Crippen LogP contribution is 2.43. The molecule has 1 atom stereocenters. The zero-order valence-corrected chi connectivity index (χ0v) is 17.1. The Morgan fingerprint density at radius 2 is 2.11 bits per heavy atom. The second kappa shape index (κ2) is 9.01. The molecule has 3 rings (SSSR count). The molecule has 0 bridgehead atoms. The number of benzene rings is 1. The van der Waals surface area contributed by atoms with E-state index in [-0.39, 0.29) is 12.0 Å². The van der Waals surface area contributed by atoms with Gasteiger partial charge in [-0.05, 0) is 43.9 Å². The molecular formula is C21H24N2O4S. The van der Waals surface area contributed by atoms with Crippen LogP contribution in [-0.2, 0) is 9.53 Å². The summed E-state index contributed by atoms with van der Waals surface area (Å²) in [5.41, 5.74) is 2.09. The van der Waals surface area contributed by atoms with Crippen LogP contribution >= 0.6 is 11.8 Å². The summed E-state index contributed by atoms with van der Waals surface area (Å²) >= 11 is 1.53. The number of amidine groups is 1. The van der Waals surface area contributed by atoms with Gasteiger partial charge in [0.1, 0.15) is 6.61 Å². The average Bonchev–Trinajstić information content (AvgIpc) is 3.14. The topological polar surface area (TPSA) is 60.4 Å². The van der Waals surface area contributed by atoms with Crippen molar-refractivity contribution in [2.75, 3.05) is 19.8 Å². The SMILES string of the molecule is C=CCOc1ccc([C@H]2C(C(=O)OCC)=C(C)N=C3SC=CN32)cc1OCC. The highest BCUT2D eigenvalue weighted by atomic mass is 32.2. The second-order valence-corrected chi connectivity index (χ2v) is 6.94. The third-order valence-electron chi connectivity index (χ3n) is 4.26. The lowest BCUT2D eigenvalue weighted by Gasteiger charge is -2.33. The predicted molar refractivity (Wildman–Crippen MR) is 111 cm³/mol. The number of esters is 1. The number of ether oxygens (including phenoxy) is 3. The molecule has 0 aromatic heterocycles. The maximum absolute atomic E-state index is 12.7. The minimum atomic E-state index is -0.358. The van der Waals surface area contributed by atoms with Crippen LogP contribution in [0.25, 0.3) is 0 Å². The van der Waals surface area contributed by atoms with Gasteiger partial charge < -0.3 is 19.1 Å². The number of rotatable bonds is 8. The first-order chi connectivity index (χ1) is 13.6. The van der Waals surface area contributed by atoms with Crippen molar-refractivity contribution in [2.24, 2.45) is 4.99 Å². The van der Waals surface area contributed by atoms with Crippen LogP contribution in [0.4, 0.5) is 0 Å². The third-order valence-corrected chi connectivity index (χ3v) is 5.03. The summed E-state index contributed by atoms with van der Waals surface area (Å²) in [5.74, 6) is 0.908. The summed E-state index contributed by atoms with van der Waals surface area (Å²) in [6.45, 7) is 10.4. The van der Waals surface area contributed by atoms with Gasteiger partial charge in [-0.2, -0.15) is 0 Å². The summed E-state index contributed by atoms with van der Waals surface area (Å²) in [6.07, 6.45) is 3.62. The van der Waals surface area contributed by atoms with E-state index in [0.717, 1.165) is 10.7 Å². The van der Waals surface area contributed by atoms with Gasteiger partial charge in [-0.15, -0.1) is 0 Å². The molecule has 7 heteroatoms. The highest BCUT2D eigenvalue weighted by Gasteiger charge is 2.37.